The topological polar surface area (TPSA) is 95.9 Å². The van der Waals surface area contributed by atoms with Crippen LogP contribution < -0.4 is 5.32 Å². The Labute approximate surface area is 189 Å². The summed E-state index contributed by atoms with van der Waals surface area (Å²) in [6, 6.07) is 3.70. The van der Waals surface area contributed by atoms with Crippen LogP contribution in [-0.2, 0) is 0 Å². The number of hydrogen-bond donors (Lipinski definition) is 2. The first-order valence-electron chi connectivity index (χ1n) is 11.0. The van der Waals surface area contributed by atoms with Crippen LogP contribution in [0.4, 0.5) is 4.39 Å². The number of halogens is 1. The summed E-state index contributed by atoms with van der Waals surface area (Å²) in [7, 11) is 1.98. The van der Waals surface area contributed by atoms with Crippen LogP contribution in [0.25, 0.3) is 11.4 Å². The number of aromatic nitrogens is 2. The van der Waals surface area contributed by atoms with Crippen molar-refractivity contribution in [2.45, 2.75) is 58.9 Å². The molecule has 0 aliphatic carbocycles. The third-order valence-electron chi connectivity index (χ3n) is 4.75. The van der Waals surface area contributed by atoms with Gasteiger partial charge in [0.1, 0.15) is 11.9 Å². The zero-order valence-corrected chi connectivity index (χ0v) is 19.4. The summed E-state index contributed by atoms with van der Waals surface area (Å²) in [4.78, 5) is 13.3. The number of hydrogen-bond acceptors (Lipinski definition) is 7. The molecule has 0 saturated carbocycles. The van der Waals surface area contributed by atoms with Gasteiger partial charge in [-0.3, -0.25) is 4.99 Å². The van der Waals surface area contributed by atoms with Crippen molar-refractivity contribution in [2.75, 3.05) is 13.6 Å². The van der Waals surface area contributed by atoms with E-state index in [0.29, 0.717) is 29.6 Å². The molecule has 0 radical (unpaired) electrons. The fourth-order valence-corrected chi connectivity index (χ4v) is 3.26. The first kappa shape index (κ1) is 25.4. The molecule has 3 rings (SSSR count). The summed E-state index contributed by atoms with van der Waals surface area (Å²) in [6.45, 7) is 10.9. The lowest BCUT2D eigenvalue weighted by Crippen LogP contribution is -2.16. The number of amidine groups is 1. The van der Waals surface area contributed by atoms with Crippen molar-refractivity contribution in [3.05, 3.63) is 42.6 Å². The van der Waals surface area contributed by atoms with E-state index in [1.54, 1.807) is 0 Å². The fraction of sp³-hybridized carbons (Fsp3) is 0.500. The normalized spacial score (nSPS) is 15.6. The monoisotopic (exact) mass is 443 g/mol. The summed E-state index contributed by atoms with van der Waals surface area (Å²) in [5.74, 6) is 0.714. The minimum atomic E-state index is -0.725. The molecule has 0 bridgehead atoms. The second-order valence-electron chi connectivity index (χ2n) is 8.18. The highest BCUT2D eigenvalue weighted by molar-refractivity contribution is 5.99. The molecule has 7 nitrogen and oxygen atoms in total. The molecule has 0 amide bonds. The molecular weight excluding hydrogens is 409 g/mol. The molecule has 1 unspecified atom stereocenters. The quantitative estimate of drug-likeness (QED) is 0.394. The van der Waals surface area contributed by atoms with Crippen LogP contribution in [0.1, 0.15) is 64.8 Å². The van der Waals surface area contributed by atoms with Crippen molar-refractivity contribution < 1.29 is 14.0 Å². The second-order valence-corrected chi connectivity index (χ2v) is 8.18. The lowest BCUT2D eigenvalue weighted by atomic mass is 9.99. The largest absolute Gasteiger partial charge is 0.505 e. The number of nitrogens with one attached hydrogen (secondary N) is 1. The van der Waals surface area contributed by atoms with E-state index in [9.17, 15) is 9.50 Å². The SMILES string of the molecule is C=CCCCCNC.CC1=NC(c2nc(-c3ccc(O)c(F)c3)no2)CC(CC(C)C)=N1. The van der Waals surface area contributed by atoms with Gasteiger partial charge in [0.25, 0.3) is 5.89 Å². The third-order valence-corrected chi connectivity index (χ3v) is 4.75. The molecule has 2 aromatic rings. The zero-order chi connectivity index (χ0) is 23.5. The van der Waals surface area contributed by atoms with Crippen molar-refractivity contribution in [1.82, 2.24) is 15.5 Å². The number of nitrogens with zero attached hydrogens (tertiary/aromatic N) is 4. The predicted octanol–water partition coefficient (Wildman–Crippen LogP) is 5.49. The molecule has 1 aromatic carbocycles. The Morgan fingerprint density at radius 1 is 1.34 bits per heavy atom. The van der Waals surface area contributed by atoms with E-state index < -0.39 is 11.6 Å². The smallest absolute Gasteiger partial charge is 0.252 e. The number of benzene rings is 1. The molecule has 2 N–H and O–H groups in total. The number of phenolic OH excluding ortho intramolecular Hbond substituents is 1. The van der Waals surface area contributed by atoms with Gasteiger partial charge in [0.2, 0.25) is 5.82 Å². The number of unbranched alkanes of at least 4 members (excludes halogenated alkanes) is 2. The van der Waals surface area contributed by atoms with Gasteiger partial charge in [-0.1, -0.05) is 25.1 Å². The van der Waals surface area contributed by atoms with E-state index in [1.165, 1.54) is 31.0 Å². The molecule has 1 aromatic heterocycles. The Morgan fingerprint density at radius 2 is 2.12 bits per heavy atom. The molecule has 2 heterocycles. The maximum atomic E-state index is 13.5. The van der Waals surface area contributed by atoms with Crippen LogP contribution in [0.3, 0.4) is 0 Å². The van der Waals surface area contributed by atoms with E-state index in [4.69, 9.17) is 4.52 Å². The van der Waals surface area contributed by atoms with Crippen molar-refractivity contribution in [3.8, 4) is 17.1 Å². The summed E-state index contributed by atoms with van der Waals surface area (Å²) in [6.07, 6.45) is 7.19. The average Bonchev–Trinajstić information content (AvgIpc) is 3.23. The van der Waals surface area contributed by atoms with E-state index in [2.05, 4.69) is 45.9 Å². The van der Waals surface area contributed by atoms with Crippen molar-refractivity contribution >= 4 is 11.5 Å². The highest BCUT2D eigenvalue weighted by Gasteiger charge is 2.24. The lowest BCUT2D eigenvalue weighted by Gasteiger charge is -2.17. The summed E-state index contributed by atoms with van der Waals surface area (Å²) in [5.41, 5.74) is 1.51. The third kappa shape index (κ3) is 8.00. The van der Waals surface area contributed by atoms with E-state index in [-0.39, 0.29) is 11.9 Å². The summed E-state index contributed by atoms with van der Waals surface area (Å²) >= 11 is 0. The predicted molar refractivity (Wildman–Crippen MR) is 127 cm³/mol. The molecular formula is C24H34FN5O2. The van der Waals surface area contributed by atoms with Gasteiger partial charge < -0.3 is 14.9 Å². The van der Waals surface area contributed by atoms with Crippen LogP contribution in [0.15, 0.2) is 45.4 Å². The molecule has 1 aliphatic heterocycles. The van der Waals surface area contributed by atoms with Gasteiger partial charge in [-0.15, -0.1) is 6.58 Å². The summed E-state index contributed by atoms with van der Waals surface area (Å²) < 4.78 is 18.8. The molecule has 8 heteroatoms. The first-order chi connectivity index (χ1) is 15.3. The number of aromatic hydroxyl groups is 1. The van der Waals surface area contributed by atoms with Gasteiger partial charge in [0.15, 0.2) is 11.6 Å². The Hall–Kier alpha value is -2.87. The van der Waals surface area contributed by atoms with Crippen molar-refractivity contribution in [1.29, 1.82) is 0 Å². The maximum absolute atomic E-state index is 13.5. The van der Waals surface area contributed by atoms with Gasteiger partial charge in [-0.05, 0) is 70.3 Å². The van der Waals surface area contributed by atoms with E-state index in [1.807, 2.05) is 20.0 Å². The van der Waals surface area contributed by atoms with Gasteiger partial charge in [0, 0.05) is 17.7 Å². The molecule has 1 atom stereocenters. The lowest BCUT2D eigenvalue weighted by molar-refractivity contribution is 0.357. The van der Waals surface area contributed by atoms with Crippen LogP contribution in [0.5, 0.6) is 5.75 Å². The minimum Gasteiger partial charge on any atom is -0.505 e. The molecule has 174 valence electrons. The molecule has 0 saturated heterocycles. The van der Waals surface area contributed by atoms with Crippen molar-refractivity contribution in [2.24, 2.45) is 15.9 Å². The standard InChI is InChI=1S/C17H19FN4O2.C7H15N/c1-9(2)6-12-8-14(20-10(3)19-12)17-21-16(22-24-17)11-4-5-15(23)13(18)7-11;1-3-4-5-6-7-8-2/h4-5,7,9,14,23H,6,8H2,1-3H3;3,8H,1,4-7H2,2H3. The fourth-order valence-electron chi connectivity index (χ4n) is 3.26. The first-order valence-corrected chi connectivity index (χ1v) is 11.0. The van der Waals surface area contributed by atoms with E-state index >= 15 is 0 Å². The summed E-state index contributed by atoms with van der Waals surface area (Å²) in [5, 5.41) is 16.3. The van der Waals surface area contributed by atoms with Gasteiger partial charge in [-0.2, -0.15) is 4.98 Å². The van der Waals surface area contributed by atoms with Crippen molar-refractivity contribution in [3.63, 3.8) is 0 Å². The maximum Gasteiger partial charge on any atom is 0.252 e. The van der Waals surface area contributed by atoms with Gasteiger partial charge >= 0.3 is 0 Å². The molecule has 0 fully saturated rings. The van der Waals surface area contributed by atoms with Crippen LogP contribution >= 0.6 is 0 Å². The zero-order valence-electron chi connectivity index (χ0n) is 19.4. The van der Waals surface area contributed by atoms with Crippen LogP contribution in [0.2, 0.25) is 0 Å². The Morgan fingerprint density at radius 3 is 2.78 bits per heavy atom. The number of rotatable bonds is 9. The molecule has 32 heavy (non-hydrogen) atoms. The molecule has 0 spiro atoms. The van der Waals surface area contributed by atoms with Crippen LogP contribution in [-0.4, -0.2) is 40.4 Å². The molecule has 1 aliphatic rings. The Kier molecular flexibility index (Phi) is 10.2. The van der Waals surface area contributed by atoms with E-state index in [0.717, 1.165) is 25.1 Å². The average molecular weight is 444 g/mol. The number of phenols is 1. The van der Waals surface area contributed by atoms with Crippen LogP contribution in [0, 0.1) is 11.7 Å². The highest BCUT2D eigenvalue weighted by atomic mass is 19.1. The Bertz CT molecular complexity index is 936. The highest BCUT2D eigenvalue weighted by Crippen LogP contribution is 2.29. The number of allylic oxidation sites excluding steroid dienone is 1. The Balaban J connectivity index is 0.000000390. The van der Waals surface area contributed by atoms with Gasteiger partial charge in [0.05, 0.1) is 0 Å². The second kappa shape index (κ2) is 12.9. The number of aliphatic imine (C=N–C) groups is 2. The minimum absolute atomic E-state index is 0.264. The van der Waals surface area contributed by atoms with Gasteiger partial charge in [-0.25, -0.2) is 9.38 Å².